The second-order valence-corrected chi connectivity index (χ2v) is 10.9. The average Bonchev–Trinajstić information content (AvgIpc) is 2.81. The van der Waals surface area contributed by atoms with E-state index in [0.717, 1.165) is 40.8 Å². The number of carbonyl (C=O) groups excluding carboxylic acids is 1. The van der Waals surface area contributed by atoms with Crippen molar-refractivity contribution in [1.82, 2.24) is 10.3 Å². The Hall–Kier alpha value is -3.18. The summed E-state index contributed by atoms with van der Waals surface area (Å²) in [6.45, 7) is 9.34. The first-order chi connectivity index (χ1) is 16.6. The van der Waals surface area contributed by atoms with Gasteiger partial charge in [-0.1, -0.05) is 36.4 Å². The zero-order chi connectivity index (χ0) is 25.1. The quantitative estimate of drug-likeness (QED) is 0.381. The van der Waals surface area contributed by atoms with Gasteiger partial charge in [0.1, 0.15) is 12.4 Å². The smallest absolute Gasteiger partial charge is 0.212 e. The predicted octanol–water partition coefficient (Wildman–Crippen LogP) is 6.47. The summed E-state index contributed by atoms with van der Waals surface area (Å²) in [4.78, 5) is 17.2. The first kappa shape index (κ1) is 24.9. The largest absolute Gasteiger partial charge is 0.489 e. The number of methoxy groups -OCH3 is 1. The average molecular weight is 473 g/mol. The number of ketones is 1. The van der Waals surface area contributed by atoms with Crippen LogP contribution in [0.5, 0.6) is 11.6 Å². The number of hydrogen-bond acceptors (Lipinski definition) is 5. The normalized spacial score (nSPS) is 17.1. The van der Waals surface area contributed by atoms with Crippen molar-refractivity contribution in [3.8, 4) is 22.8 Å². The third-order valence-corrected chi connectivity index (χ3v) is 6.54. The van der Waals surface area contributed by atoms with Gasteiger partial charge in [-0.2, -0.15) is 0 Å². The van der Waals surface area contributed by atoms with Gasteiger partial charge < -0.3 is 14.8 Å². The van der Waals surface area contributed by atoms with Crippen LogP contribution < -0.4 is 14.8 Å². The summed E-state index contributed by atoms with van der Waals surface area (Å²) in [6, 6.07) is 19.6. The summed E-state index contributed by atoms with van der Waals surface area (Å²) in [6.07, 6.45) is 4.41. The molecule has 35 heavy (non-hydrogen) atoms. The summed E-state index contributed by atoms with van der Waals surface area (Å²) in [5.41, 5.74) is 3.94. The van der Waals surface area contributed by atoms with Gasteiger partial charge in [0.05, 0.1) is 7.11 Å². The summed E-state index contributed by atoms with van der Waals surface area (Å²) in [5.74, 6) is 1.99. The Morgan fingerprint density at radius 2 is 1.69 bits per heavy atom. The number of piperidine rings is 1. The number of hydrogen-bond donors (Lipinski definition) is 1. The number of rotatable bonds is 8. The molecule has 2 heterocycles. The summed E-state index contributed by atoms with van der Waals surface area (Å²) < 4.78 is 11.2. The highest BCUT2D eigenvalue weighted by atomic mass is 16.5. The molecule has 4 rings (SSSR count). The second kappa shape index (κ2) is 10.2. The Balaban J connectivity index is 1.34. The van der Waals surface area contributed by atoms with Crippen molar-refractivity contribution in [2.75, 3.05) is 7.11 Å². The minimum Gasteiger partial charge on any atom is -0.489 e. The zero-order valence-electron chi connectivity index (χ0n) is 21.4. The third-order valence-electron chi connectivity index (χ3n) is 6.54. The van der Waals surface area contributed by atoms with Gasteiger partial charge in [-0.25, -0.2) is 4.98 Å². The van der Waals surface area contributed by atoms with Crippen LogP contribution in [0.2, 0.25) is 0 Å². The molecule has 1 fully saturated rings. The molecule has 0 atom stereocenters. The number of carbonyl (C=O) groups is 1. The number of benzene rings is 2. The first-order valence-corrected chi connectivity index (χ1v) is 12.3. The van der Waals surface area contributed by atoms with E-state index in [9.17, 15) is 4.79 Å². The van der Waals surface area contributed by atoms with Crippen LogP contribution in [0, 0.1) is 5.92 Å². The molecular formula is C30H36N2O3. The highest BCUT2D eigenvalue weighted by Crippen LogP contribution is 2.35. The molecule has 0 unspecified atom stereocenters. The van der Waals surface area contributed by atoms with Crippen LogP contribution in [0.1, 0.15) is 62.9 Å². The van der Waals surface area contributed by atoms with Crippen molar-refractivity contribution in [1.29, 1.82) is 0 Å². The van der Waals surface area contributed by atoms with E-state index in [1.807, 2.05) is 60.7 Å². The van der Waals surface area contributed by atoms with Gasteiger partial charge in [0.2, 0.25) is 5.88 Å². The fourth-order valence-electron chi connectivity index (χ4n) is 5.45. The van der Waals surface area contributed by atoms with Crippen LogP contribution in [-0.2, 0) is 6.61 Å². The van der Waals surface area contributed by atoms with E-state index in [4.69, 9.17) is 9.47 Å². The van der Waals surface area contributed by atoms with Gasteiger partial charge in [-0.15, -0.1) is 0 Å². The van der Waals surface area contributed by atoms with Crippen LogP contribution in [0.25, 0.3) is 11.1 Å². The predicted molar refractivity (Wildman–Crippen MR) is 140 cm³/mol. The van der Waals surface area contributed by atoms with Crippen LogP contribution in [0.3, 0.4) is 0 Å². The molecular weight excluding hydrogens is 436 g/mol. The highest BCUT2D eigenvalue weighted by molar-refractivity contribution is 5.96. The molecule has 5 heteroatoms. The lowest BCUT2D eigenvalue weighted by molar-refractivity contribution is 0.0864. The Labute approximate surface area is 208 Å². The van der Waals surface area contributed by atoms with Crippen LogP contribution in [0.15, 0.2) is 66.9 Å². The number of ether oxygens (including phenoxy) is 2. The van der Waals surface area contributed by atoms with Gasteiger partial charge in [0, 0.05) is 40.9 Å². The maximum atomic E-state index is 13.0. The number of Topliss-reactive ketones (excluding diaryl/α,β-unsaturated/α-hetero) is 1. The van der Waals surface area contributed by atoms with E-state index in [2.05, 4.69) is 38.0 Å². The fraction of sp³-hybridized carbons (Fsp3) is 0.400. The molecule has 0 spiro atoms. The van der Waals surface area contributed by atoms with E-state index in [1.54, 1.807) is 13.3 Å². The molecule has 2 aromatic carbocycles. The monoisotopic (exact) mass is 472 g/mol. The number of pyridine rings is 1. The van der Waals surface area contributed by atoms with E-state index in [0.29, 0.717) is 24.8 Å². The second-order valence-electron chi connectivity index (χ2n) is 10.9. The molecule has 184 valence electrons. The van der Waals surface area contributed by atoms with E-state index in [-0.39, 0.29) is 16.9 Å². The summed E-state index contributed by atoms with van der Waals surface area (Å²) in [7, 11) is 1.61. The third kappa shape index (κ3) is 6.70. The van der Waals surface area contributed by atoms with Crippen molar-refractivity contribution >= 4 is 5.78 Å². The minimum absolute atomic E-state index is 0.0507. The Morgan fingerprint density at radius 1 is 0.971 bits per heavy atom. The molecule has 0 radical (unpaired) electrons. The Kier molecular flexibility index (Phi) is 7.27. The Morgan fingerprint density at radius 3 is 2.31 bits per heavy atom. The first-order valence-electron chi connectivity index (χ1n) is 12.3. The molecule has 0 bridgehead atoms. The van der Waals surface area contributed by atoms with Crippen LogP contribution >= 0.6 is 0 Å². The molecule has 1 N–H and O–H groups in total. The topological polar surface area (TPSA) is 60.5 Å². The molecule has 5 nitrogen and oxygen atoms in total. The lowest BCUT2D eigenvalue weighted by Crippen LogP contribution is -2.57. The van der Waals surface area contributed by atoms with Gasteiger partial charge in [0.25, 0.3) is 0 Å². The fourth-order valence-corrected chi connectivity index (χ4v) is 5.45. The van der Waals surface area contributed by atoms with Gasteiger partial charge in [0.15, 0.2) is 5.78 Å². The molecule has 0 amide bonds. The molecule has 1 aromatic heterocycles. The molecule has 1 aliphatic rings. The molecule has 1 aliphatic heterocycles. The van der Waals surface area contributed by atoms with E-state index in [1.165, 1.54) is 0 Å². The molecule has 3 aromatic rings. The maximum absolute atomic E-state index is 13.0. The van der Waals surface area contributed by atoms with Gasteiger partial charge in [-0.3, -0.25) is 4.79 Å². The highest BCUT2D eigenvalue weighted by Gasteiger charge is 2.38. The van der Waals surface area contributed by atoms with Crippen molar-refractivity contribution in [3.63, 3.8) is 0 Å². The van der Waals surface area contributed by atoms with Crippen molar-refractivity contribution in [3.05, 3.63) is 78.0 Å². The molecule has 0 aliphatic carbocycles. The van der Waals surface area contributed by atoms with E-state index >= 15 is 0 Å². The number of nitrogens with zero attached hydrogens (tertiary/aromatic N) is 1. The van der Waals surface area contributed by atoms with Gasteiger partial charge >= 0.3 is 0 Å². The minimum atomic E-state index is 0.0507. The summed E-state index contributed by atoms with van der Waals surface area (Å²) >= 11 is 0. The molecule has 0 saturated carbocycles. The summed E-state index contributed by atoms with van der Waals surface area (Å²) in [5, 5.41) is 3.69. The maximum Gasteiger partial charge on any atom is 0.212 e. The number of nitrogens with one attached hydrogen (secondary N) is 1. The van der Waals surface area contributed by atoms with Crippen molar-refractivity contribution in [2.24, 2.45) is 5.92 Å². The van der Waals surface area contributed by atoms with E-state index < -0.39 is 0 Å². The standard InChI is InChI=1S/C30H36N2O3/c1-29(2)17-22(18-30(3,4)32-29)15-27(33)23-11-9-21(10-12-23)20-35-26-8-6-7-24(16-26)25-13-14-28(34-5)31-19-25/h6-14,16,19,22,32H,15,17-18,20H2,1-5H3. The SMILES string of the molecule is COc1ccc(-c2cccc(OCc3ccc(C(=O)CC4CC(C)(C)NC(C)(C)C4)cc3)c2)cn1. The Bertz CT molecular complexity index is 1130. The lowest BCUT2D eigenvalue weighted by Gasteiger charge is -2.46. The molecule has 1 saturated heterocycles. The van der Waals surface area contributed by atoms with Gasteiger partial charge in [-0.05, 0) is 75.8 Å². The number of aromatic nitrogens is 1. The van der Waals surface area contributed by atoms with Crippen LogP contribution in [-0.4, -0.2) is 29.0 Å². The van der Waals surface area contributed by atoms with Crippen LogP contribution in [0.4, 0.5) is 0 Å². The zero-order valence-corrected chi connectivity index (χ0v) is 21.4. The lowest BCUT2D eigenvalue weighted by atomic mass is 9.74. The van der Waals surface area contributed by atoms with Crippen molar-refractivity contribution in [2.45, 2.75) is 64.6 Å². The van der Waals surface area contributed by atoms with Crippen molar-refractivity contribution < 1.29 is 14.3 Å².